The van der Waals surface area contributed by atoms with E-state index in [0.29, 0.717) is 90.6 Å². The molecular formula is C105H135N31O8. The summed E-state index contributed by atoms with van der Waals surface area (Å²) in [6.07, 6.45) is 35.1. The van der Waals surface area contributed by atoms with Crippen LogP contribution in [0.3, 0.4) is 0 Å². The van der Waals surface area contributed by atoms with Gasteiger partial charge in [-0.3, -0.25) is 48.0 Å². The number of fused-ring (bicyclic) bond motifs is 2. The van der Waals surface area contributed by atoms with Crippen LogP contribution >= 0.6 is 0 Å². The molecule has 1 unspecified atom stereocenters. The Morgan fingerprint density at radius 3 is 1.41 bits per heavy atom. The smallest absolute Gasteiger partial charge is 0.273 e. The average Bonchev–Trinajstić information content (AvgIpc) is 1.61. The number of Topliss-reactive ketones (excluding diaryl/α,β-unsaturated/α-hetero) is 3. The fraction of sp³-hybridized carbons (Fsp3) is 0.467. The van der Waals surface area contributed by atoms with Crippen molar-refractivity contribution in [2.75, 3.05) is 73.6 Å². The Labute approximate surface area is 838 Å². The number of pyridine rings is 1. The van der Waals surface area contributed by atoms with E-state index < -0.39 is 23.6 Å². The van der Waals surface area contributed by atoms with Gasteiger partial charge in [-0.25, -0.2) is 19.9 Å². The molecule has 0 bridgehead atoms. The third-order valence-electron chi connectivity index (χ3n) is 28.9. The first kappa shape index (κ1) is 102. The average molecular weight is 1960 g/mol. The summed E-state index contributed by atoms with van der Waals surface area (Å²) in [6, 6.07) is 21.8. The van der Waals surface area contributed by atoms with Crippen molar-refractivity contribution in [1.29, 1.82) is 0 Å². The number of nitrogens with zero attached hydrogens (tertiary/aromatic N) is 22. The Kier molecular flexibility index (Phi) is 30.7. The third kappa shape index (κ3) is 24.1. The van der Waals surface area contributed by atoms with Gasteiger partial charge in [0.05, 0.1) is 58.3 Å². The number of nitrogens with one attached hydrogen (secondary N) is 5. The van der Waals surface area contributed by atoms with E-state index in [-0.39, 0.29) is 110 Å². The van der Waals surface area contributed by atoms with E-state index in [9.17, 15) is 38.4 Å². The van der Waals surface area contributed by atoms with Gasteiger partial charge in [-0.1, -0.05) is 65.8 Å². The topological polar surface area (TPSA) is 498 Å². The number of nitrogens with two attached hydrogens (primary N) is 4. The molecule has 3 aliphatic carbocycles. The molecule has 11 aromatic heterocycles. The standard InChI is InChI=1S/C28H37N7O2.C27H36N8O2.C26H31N7O2.C24H31N9O2/c1-17-18(12-23(36)21-11-19-13-28(2,3)14-22(19)34(21)5)7-6-9-35(17)24-15-30-25(26(29)37)27(32-24)31-20-8-10-33(4)16-20;1-16-17(12-22(36)20-11-18-13-27(2,3)14-21(18)34(20)5)7-6-9-35(16)26-30-25(23(24(28)37)31-32-26)29-19-8-10-33(4)15-19;1-2-33-16-21(13-29-33)30-26-24(25(27)35)28-14-23(31-26)32-11-3-4-17(15-32)12-22(34)20-9-7-19(8-10-20)18-5-6-18;1-14(2)19-8-6-16(11-26-19)23(35)28-17-7-5-15(3)33(13-17)24-29-22(20(21(25)34)30-31-24)27-18-9-10-32(4)12-18/h8,10-11,15-18H,6-7,9,12-14H2,1-5H3,(H2,29,37)(H,31,32);8,10-11,15-17H,6-7,9,12-14H2,1-5H3,(H2,28,37)(H,29,30,32);7-10,13-14,16-18H,2-6,11-12,15H2,1H3,(H2,27,35)(H,30,31);6,8-12,14-15,17H,5,7,13H2,1-4H3,(H2,25,34)(H,28,35)(H,27,29,31)/t17-,18+;16-,17+;;15-,17+/m11.0/s1. The molecule has 0 spiro atoms. The van der Waals surface area contributed by atoms with Crippen molar-refractivity contribution < 1.29 is 38.4 Å². The molecule has 1 aromatic carbocycles. The van der Waals surface area contributed by atoms with Gasteiger partial charge in [0.2, 0.25) is 11.9 Å². The van der Waals surface area contributed by atoms with Crippen LogP contribution < -0.4 is 69.1 Å². The highest BCUT2D eigenvalue weighted by atomic mass is 16.2. The van der Waals surface area contributed by atoms with Crippen LogP contribution in [0.15, 0.2) is 135 Å². The number of carbonyl (C=O) groups is 8. The maximum absolute atomic E-state index is 13.4. The highest BCUT2D eigenvalue weighted by Gasteiger charge is 2.40. The molecule has 39 nitrogen and oxygen atoms in total. The molecule has 1 saturated carbocycles. The number of aryl methyl sites for hydroxylation is 4. The molecule has 7 atom stereocenters. The lowest BCUT2D eigenvalue weighted by atomic mass is 9.85. The van der Waals surface area contributed by atoms with Crippen LogP contribution in [0.25, 0.3) is 0 Å². The summed E-state index contributed by atoms with van der Waals surface area (Å²) in [5.74, 6) is 2.57. The third-order valence-corrected chi connectivity index (χ3v) is 28.9. The van der Waals surface area contributed by atoms with E-state index in [1.807, 2.05) is 141 Å². The zero-order valence-corrected chi connectivity index (χ0v) is 85.1. The summed E-state index contributed by atoms with van der Waals surface area (Å²) in [7, 11) is 9.77. The van der Waals surface area contributed by atoms with Crippen LogP contribution in [-0.2, 0) is 67.5 Å². The first-order valence-electron chi connectivity index (χ1n) is 50.0. The zero-order valence-electron chi connectivity index (χ0n) is 85.1. The van der Waals surface area contributed by atoms with Crippen LogP contribution in [0, 0.1) is 28.6 Å². The maximum atomic E-state index is 13.4. The van der Waals surface area contributed by atoms with E-state index in [2.05, 4.69) is 192 Å². The molecule has 12 aromatic rings. The Morgan fingerprint density at radius 2 is 0.938 bits per heavy atom. The van der Waals surface area contributed by atoms with Gasteiger partial charge < -0.3 is 92.0 Å². The van der Waals surface area contributed by atoms with Gasteiger partial charge in [0.25, 0.3) is 29.5 Å². The number of hydrogen-bond acceptors (Lipinski definition) is 28. The van der Waals surface area contributed by atoms with Gasteiger partial charge in [-0.2, -0.15) is 15.1 Å². The molecule has 4 aliphatic heterocycles. The summed E-state index contributed by atoms with van der Waals surface area (Å²) >= 11 is 0. The summed E-state index contributed by atoms with van der Waals surface area (Å²) in [4.78, 5) is 141. The van der Waals surface area contributed by atoms with Gasteiger partial charge in [0.1, 0.15) is 11.6 Å². The number of anilines is 12. The predicted molar refractivity (Wildman–Crippen MR) is 553 cm³/mol. The van der Waals surface area contributed by atoms with Crippen LogP contribution in [0.2, 0.25) is 0 Å². The van der Waals surface area contributed by atoms with Crippen LogP contribution in [0.5, 0.6) is 0 Å². The summed E-state index contributed by atoms with van der Waals surface area (Å²) in [6.45, 7) is 25.9. The van der Waals surface area contributed by atoms with Gasteiger partial charge in [-0.15, -0.1) is 20.4 Å². The molecule has 4 saturated heterocycles. The molecule has 5 fully saturated rings. The van der Waals surface area contributed by atoms with Crippen LogP contribution in [-0.4, -0.2) is 192 Å². The number of hydrogen-bond donors (Lipinski definition) is 9. The molecular weight excluding hydrogens is 1820 g/mol. The van der Waals surface area contributed by atoms with Crippen LogP contribution in [0.4, 0.5) is 69.6 Å². The number of amides is 5. The van der Waals surface area contributed by atoms with Crippen LogP contribution in [0.1, 0.15) is 282 Å². The lowest BCUT2D eigenvalue weighted by Gasteiger charge is -2.40. The maximum Gasteiger partial charge on any atom is 0.273 e. The van der Waals surface area contributed by atoms with Gasteiger partial charge in [0, 0.05) is 190 Å². The van der Waals surface area contributed by atoms with Gasteiger partial charge in [0.15, 0.2) is 63.4 Å². The molecule has 15 heterocycles. The summed E-state index contributed by atoms with van der Waals surface area (Å²) in [5.41, 5.74) is 36.3. The Bertz CT molecular complexity index is 6510. The molecule has 5 amide bonds. The molecule has 7 aliphatic rings. The zero-order chi connectivity index (χ0) is 102. The van der Waals surface area contributed by atoms with E-state index in [1.54, 1.807) is 35.5 Å². The minimum Gasteiger partial charge on any atom is -0.364 e. The van der Waals surface area contributed by atoms with E-state index in [1.165, 1.54) is 40.9 Å². The Morgan fingerprint density at radius 1 is 0.458 bits per heavy atom. The second kappa shape index (κ2) is 43.4. The van der Waals surface area contributed by atoms with E-state index >= 15 is 0 Å². The number of aromatic nitrogens is 18. The molecule has 13 N–H and O–H groups in total. The number of rotatable bonds is 30. The Balaban J connectivity index is 0.000000138. The van der Waals surface area contributed by atoms with E-state index in [0.717, 1.165) is 143 Å². The SMILES string of the molecule is CC(C)c1ccc(C(=O)N[C@@H]2CC[C@H](C)N(c3nnc(C(N)=O)c(Nc4ccn(C)c4)n3)C2)cn1.CCn1cc(Nc2nc(N3CCCC(CC(=O)c4ccc(C5CC5)cc4)C3)cnc2C(N)=O)cn1.C[C@@H]1[C@H](CC(=O)c2cc3c(n2C)CC(C)(C)C3)CCCN1c1cnc(C(N)=O)c(Nc2ccn(C)c2)n1.C[C@@H]1[C@H](CC(=O)c2cc3c(n2C)CC(C)(C)C3)CCCN1c1nnc(C(N)=O)c(Nc2ccn(C)c2)n1. The quantitative estimate of drug-likeness (QED) is 0.0189. The highest BCUT2D eigenvalue weighted by Crippen LogP contribution is 2.44. The van der Waals surface area contributed by atoms with Crippen molar-refractivity contribution in [2.24, 2.45) is 86.8 Å². The second-order valence-electron chi connectivity index (χ2n) is 41.6. The molecule has 0 radical (unpaired) electrons. The van der Waals surface area contributed by atoms with Gasteiger partial charge >= 0.3 is 0 Å². The number of benzene rings is 1. The minimum absolute atomic E-state index is 0.0103. The summed E-state index contributed by atoms with van der Waals surface area (Å²) < 4.78 is 11.7. The highest BCUT2D eigenvalue weighted by molar-refractivity contribution is 6.00. The first-order chi connectivity index (χ1) is 68.7. The number of primary amides is 4. The largest absolute Gasteiger partial charge is 0.364 e. The van der Waals surface area contributed by atoms with Crippen molar-refractivity contribution in [2.45, 2.75) is 221 Å². The van der Waals surface area contributed by atoms with Crippen molar-refractivity contribution in [3.8, 4) is 0 Å². The van der Waals surface area contributed by atoms with Crippen molar-refractivity contribution in [1.82, 2.24) is 93.2 Å². The minimum atomic E-state index is -0.719. The lowest BCUT2D eigenvalue weighted by molar-refractivity contribution is 0.0924. The normalized spacial score (nSPS) is 19.3. The van der Waals surface area contributed by atoms with E-state index in [4.69, 9.17) is 27.9 Å². The second-order valence-corrected chi connectivity index (χ2v) is 41.6. The van der Waals surface area contributed by atoms with Crippen molar-refractivity contribution in [3.63, 3.8) is 0 Å². The number of ketones is 3. The fourth-order valence-electron chi connectivity index (χ4n) is 20.7. The first-order valence-corrected chi connectivity index (χ1v) is 50.0. The fourth-order valence-corrected chi connectivity index (χ4v) is 20.7. The molecule has 144 heavy (non-hydrogen) atoms. The van der Waals surface area contributed by atoms with Crippen molar-refractivity contribution >= 4 is 116 Å². The predicted octanol–water partition coefficient (Wildman–Crippen LogP) is 13.7. The molecule has 19 rings (SSSR count). The summed E-state index contributed by atoms with van der Waals surface area (Å²) in [5, 5.41) is 36.5. The molecule has 758 valence electrons. The number of piperidine rings is 4. The van der Waals surface area contributed by atoms with Crippen molar-refractivity contribution in [3.05, 3.63) is 214 Å². The molecule has 39 heteroatoms. The number of carbonyl (C=O) groups excluding carboxylic acids is 8. The monoisotopic (exact) mass is 1960 g/mol. The Hall–Kier alpha value is -15.1. The lowest BCUT2D eigenvalue weighted by Crippen LogP contribution is -2.51. The van der Waals surface area contributed by atoms with Gasteiger partial charge in [-0.05, 0) is 217 Å².